The van der Waals surface area contributed by atoms with Crippen LogP contribution in [0.1, 0.15) is 46.0 Å². The van der Waals surface area contributed by atoms with Gasteiger partial charge in [-0.2, -0.15) is 11.8 Å². The van der Waals surface area contributed by atoms with Gasteiger partial charge in [0.2, 0.25) is 5.91 Å². The highest BCUT2D eigenvalue weighted by molar-refractivity contribution is 8.00. The fourth-order valence-electron chi connectivity index (χ4n) is 2.46. The van der Waals surface area contributed by atoms with Gasteiger partial charge in [0.05, 0.1) is 6.54 Å². The quantitative estimate of drug-likeness (QED) is 0.806. The molecule has 0 aliphatic heterocycles. The second-order valence-electron chi connectivity index (χ2n) is 5.65. The Bertz CT molecular complexity index is 263. The van der Waals surface area contributed by atoms with Crippen LogP contribution in [0.5, 0.6) is 0 Å². The molecule has 0 saturated heterocycles. The van der Waals surface area contributed by atoms with Crippen LogP contribution in [-0.2, 0) is 4.79 Å². The van der Waals surface area contributed by atoms with Crippen LogP contribution >= 0.6 is 11.8 Å². The molecule has 0 aromatic heterocycles. The zero-order chi connectivity index (χ0) is 13.6. The summed E-state index contributed by atoms with van der Waals surface area (Å²) in [5.41, 5.74) is 0. The molecule has 0 aromatic rings. The number of rotatable bonds is 6. The molecule has 1 fully saturated rings. The van der Waals surface area contributed by atoms with Gasteiger partial charge >= 0.3 is 0 Å². The van der Waals surface area contributed by atoms with Gasteiger partial charge in [-0.3, -0.25) is 4.79 Å². The van der Waals surface area contributed by atoms with Gasteiger partial charge in [0.1, 0.15) is 0 Å². The van der Waals surface area contributed by atoms with Gasteiger partial charge in [-0.1, -0.05) is 19.3 Å². The Hall–Kier alpha value is -0.220. The Kier molecular flexibility index (Phi) is 6.50. The molecule has 0 spiro atoms. The average molecular weight is 272 g/mol. The number of hydrogen-bond donors (Lipinski definition) is 1. The number of amides is 1. The third kappa shape index (κ3) is 4.47. The Morgan fingerprint density at radius 2 is 1.94 bits per heavy atom. The van der Waals surface area contributed by atoms with Gasteiger partial charge in [-0.15, -0.1) is 0 Å². The third-order valence-corrected chi connectivity index (χ3v) is 5.51. The van der Waals surface area contributed by atoms with E-state index in [0.29, 0.717) is 11.3 Å². The number of carbonyl (C=O) groups excluding carboxylic acids is 1. The zero-order valence-corrected chi connectivity index (χ0v) is 13.1. The normalized spacial score (nSPS) is 18.9. The number of nitrogens with one attached hydrogen (secondary N) is 1. The Morgan fingerprint density at radius 1 is 1.33 bits per heavy atom. The van der Waals surface area contributed by atoms with E-state index in [1.807, 2.05) is 32.7 Å². The van der Waals surface area contributed by atoms with Gasteiger partial charge in [0, 0.05) is 24.4 Å². The van der Waals surface area contributed by atoms with Crippen LogP contribution in [0.3, 0.4) is 0 Å². The summed E-state index contributed by atoms with van der Waals surface area (Å²) in [5, 5.41) is 3.37. The monoisotopic (exact) mass is 272 g/mol. The molecule has 1 amide bonds. The second-order valence-corrected chi connectivity index (χ2v) is 6.92. The third-order valence-electron chi connectivity index (χ3n) is 4.09. The maximum atomic E-state index is 11.9. The molecular formula is C14H28N2OS. The summed E-state index contributed by atoms with van der Waals surface area (Å²) in [5.74, 6) is 0.192. The lowest BCUT2D eigenvalue weighted by Gasteiger charge is -2.36. The predicted molar refractivity (Wildman–Crippen MR) is 80.1 cm³/mol. The fourth-order valence-corrected chi connectivity index (χ4v) is 3.40. The molecule has 0 bridgehead atoms. The van der Waals surface area contributed by atoms with Crippen molar-refractivity contribution in [3.05, 3.63) is 0 Å². The first kappa shape index (κ1) is 15.8. The van der Waals surface area contributed by atoms with Gasteiger partial charge in [-0.25, -0.2) is 0 Å². The highest BCUT2D eigenvalue weighted by Gasteiger charge is 2.30. The van der Waals surface area contributed by atoms with Crippen LogP contribution in [0, 0.1) is 0 Å². The molecule has 0 radical (unpaired) electrons. The van der Waals surface area contributed by atoms with Crippen molar-refractivity contribution in [2.75, 3.05) is 26.4 Å². The zero-order valence-electron chi connectivity index (χ0n) is 12.3. The van der Waals surface area contributed by atoms with Crippen LogP contribution < -0.4 is 5.32 Å². The number of thioether (sulfide) groups is 1. The van der Waals surface area contributed by atoms with E-state index in [4.69, 9.17) is 0 Å². The molecular weight excluding hydrogens is 244 g/mol. The molecule has 18 heavy (non-hydrogen) atoms. The van der Waals surface area contributed by atoms with Crippen molar-refractivity contribution in [1.82, 2.24) is 10.2 Å². The molecule has 1 aliphatic carbocycles. The summed E-state index contributed by atoms with van der Waals surface area (Å²) < 4.78 is 0.370. The first-order chi connectivity index (χ1) is 8.51. The lowest BCUT2D eigenvalue weighted by molar-refractivity contribution is -0.130. The highest BCUT2D eigenvalue weighted by Crippen LogP contribution is 2.37. The largest absolute Gasteiger partial charge is 0.342 e. The van der Waals surface area contributed by atoms with E-state index in [-0.39, 0.29) is 11.9 Å². The van der Waals surface area contributed by atoms with Gasteiger partial charge in [0.25, 0.3) is 0 Å². The number of nitrogens with zero attached hydrogens (tertiary/aromatic N) is 1. The van der Waals surface area contributed by atoms with E-state index in [0.717, 1.165) is 6.54 Å². The van der Waals surface area contributed by atoms with Gasteiger partial charge in [-0.05, 0) is 32.9 Å². The van der Waals surface area contributed by atoms with E-state index in [9.17, 15) is 4.79 Å². The van der Waals surface area contributed by atoms with E-state index < -0.39 is 0 Å². The van der Waals surface area contributed by atoms with Crippen molar-refractivity contribution in [2.45, 2.75) is 56.7 Å². The average Bonchev–Trinajstić information content (AvgIpc) is 2.38. The molecule has 106 valence electrons. The molecule has 1 aliphatic rings. The molecule has 4 heteroatoms. The van der Waals surface area contributed by atoms with E-state index in [1.165, 1.54) is 32.1 Å². The summed E-state index contributed by atoms with van der Waals surface area (Å²) in [6.45, 7) is 5.52. The van der Waals surface area contributed by atoms with E-state index in [2.05, 4.69) is 11.6 Å². The molecule has 1 rings (SSSR count). The van der Waals surface area contributed by atoms with Crippen LogP contribution in [0.4, 0.5) is 0 Å². The fraction of sp³-hybridized carbons (Fsp3) is 0.929. The smallest absolute Gasteiger partial charge is 0.236 e. The van der Waals surface area contributed by atoms with Crippen molar-refractivity contribution in [1.29, 1.82) is 0 Å². The standard InChI is InChI=1S/C14H28N2OS/c1-12(2)16(3)13(17)10-15-11-14(18-4)8-6-5-7-9-14/h12,15H,5-11H2,1-4H3. The number of carbonyl (C=O) groups is 1. The topological polar surface area (TPSA) is 32.3 Å². The van der Waals surface area contributed by atoms with Crippen molar-refractivity contribution in [2.24, 2.45) is 0 Å². The Labute approximate surface area is 116 Å². The van der Waals surface area contributed by atoms with Gasteiger partial charge < -0.3 is 10.2 Å². The SMILES string of the molecule is CSC1(CNCC(=O)N(C)C(C)C)CCCCC1. The first-order valence-corrected chi connectivity index (χ1v) is 8.25. The lowest BCUT2D eigenvalue weighted by atomic mass is 9.88. The summed E-state index contributed by atoms with van der Waals surface area (Å²) in [6, 6.07) is 0.281. The number of hydrogen-bond acceptors (Lipinski definition) is 3. The van der Waals surface area contributed by atoms with Crippen LogP contribution in [0.2, 0.25) is 0 Å². The lowest BCUT2D eigenvalue weighted by Crippen LogP contribution is -2.45. The second kappa shape index (κ2) is 7.39. The van der Waals surface area contributed by atoms with Crippen molar-refractivity contribution in [3.8, 4) is 0 Å². The van der Waals surface area contributed by atoms with Crippen molar-refractivity contribution in [3.63, 3.8) is 0 Å². The van der Waals surface area contributed by atoms with Crippen LogP contribution in [0.25, 0.3) is 0 Å². The molecule has 0 unspecified atom stereocenters. The van der Waals surface area contributed by atoms with E-state index in [1.54, 1.807) is 4.90 Å². The maximum absolute atomic E-state index is 11.9. The van der Waals surface area contributed by atoms with Crippen molar-refractivity contribution >= 4 is 17.7 Å². The molecule has 0 aromatic carbocycles. The molecule has 1 saturated carbocycles. The molecule has 0 heterocycles. The van der Waals surface area contributed by atoms with Gasteiger partial charge in [0.15, 0.2) is 0 Å². The highest BCUT2D eigenvalue weighted by atomic mass is 32.2. The predicted octanol–water partition coefficient (Wildman–Crippen LogP) is 2.51. The van der Waals surface area contributed by atoms with Crippen LogP contribution in [-0.4, -0.2) is 48.0 Å². The summed E-state index contributed by atoms with van der Waals surface area (Å²) in [6.07, 6.45) is 8.82. The minimum absolute atomic E-state index is 0.192. The first-order valence-electron chi connectivity index (χ1n) is 7.02. The van der Waals surface area contributed by atoms with Crippen molar-refractivity contribution < 1.29 is 4.79 Å². The van der Waals surface area contributed by atoms with Crippen LogP contribution in [0.15, 0.2) is 0 Å². The molecule has 0 atom stereocenters. The summed E-state index contributed by atoms with van der Waals surface area (Å²) in [7, 11) is 1.87. The Balaban J connectivity index is 2.33. The summed E-state index contributed by atoms with van der Waals surface area (Å²) in [4.78, 5) is 13.7. The van der Waals surface area contributed by atoms with E-state index >= 15 is 0 Å². The molecule has 1 N–H and O–H groups in total. The summed E-state index contributed by atoms with van der Waals surface area (Å²) >= 11 is 1.97. The molecule has 3 nitrogen and oxygen atoms in total. The minimum Gasteiger partial charge on any atom is -0.342 e. The Morgan fingerprint density at radius 3 is 2.44 bits per heavy atom. The maximum Gasteiger partial charge on any atom is 0.236 e. The number of likely N-dealkylation sites (N-methyl/N-ethyl adjacent to an activating group) is 1. The minimum atomic E-state index is 0.192.